The van der Waals surface area contributed by atoms with Gasteiger partial charge in [-0.05, 0) is 19.9 Å². The van der Waals surface area contributed by atoms with Crippen molar-refractivity contribution in [2.45, 2.75) is 25.0 Å². The molecule has 3 aliphatic heterocycles. The molecule has 2 bridgehead atoms. The average molecular weight is 344 g/mol. The number of rotatable bonds is 3. The molecule has 0 radical (unpaired) electrons. The molecule has 0 saturated carbocycles. The first-order chi connectivity index (χ1) is 11.7. The summed E-state index contributed by atoms with van der Waals surface area (Å²) in [4.78, 5) is 37.5. The molecule has 2 fully saturated rings. The number of non-ortho nitro benzene ring substituents is 1. The van der Waals surface area contributed by atoms with Crippen LogP contribution in [0.25, 0.3) is 0 Å². The normalized spacial score (nSPS) is 35.4. The Balaban J connectivity index is 1.80. The zero-order valence-corrected chi connectivity index (χ0v) is 13.9. The fourth-order valence-corrected chi connectivity index (χ4v) is 4.23. The van der Waals surface area contributed by atoms with Crippen molar-refractivity contribution in [1.82, 2.24) is 0 Å². The lowest BCUT2D eigenvalue weighted by molar-refractivity contribution is -0.384. The predicted octanol–water partition coefficient (Wildman–Crippen LogP) is 1.83. The van der Waals surface area contributed by atoms with Crippen molar-refractivity contribution in [3.63, 3.8) is 0 Å². The van der Waals surface area contributed by atoms with Gasteiger partial charge in [-0.3, -0.25) is 19.7 Å². The number of fused-ring (bicyclic) bond motifs is 5. The van der Waals surface area contributed by atoms with E-state index >= 15 is 0 Å². The molecular formula is C17H16N2O6. The number of imide groups is 1. The molecule has 0 unspecified atom stereocenters. The molecule has 2 saturated heterocycles. The summed E-state index contributed by atoms with van der Waals surface area (Å²) in [7, 11) is 1.34. The zero-order valence-electron chi connectivity index (χ0n) is 13.9. The van der Waals surface area contributed by atoms with Gasteiger partial charge in [0.1, 0.15) is 5.75 Å². The molecule has 8 heteroatoms. The van der Waals surface area contributed by atoms with Crippen LogP contribution in [0.1, 0.15) is 13.8 Å². The number of hydrogen-bond acceptors (Lipinski definition) is 6. The van der Waals surface area contributed by atoms with E-state index in [1.165, 1.54) is 25.3 Å². The smallest absolute Gasteiger partial charge is 0.273 e. The average Bonchev–Trinajstić information content (AvgIpc) is 3.11. The summed E-state index contributed by atoms with van der Waals surface area (Å²) >= 11 is 0. The van der Waals surface area contributed by atoms with Crippen molar-refractivity contribution in [1.29, 1.82) is 0 Å². The highest BCUT2D eigenvalue weighted by atomic mass is 16.6. The molecule has 0 spiro atoms. The van der Waals surface area contributed by atoms with Gasteiger partial charge in [-0.1, -0.05) is 12.2 Å². The molecule has 4 rings (SSSR count). The van der Waals surface area contributed by atoms with Crippen molar-refractivity contribution in [2.75, 3.05) is 12.0 Å². The van der Waals surface area contributed by atoms with Crippen molar-refractivity contribution in [2.24, 2.45) is 11.8 Å². The van der Waals surface area contributed by atoms with E-state index in [9.17, 15) is 19.7 Å². The predicted molar refractivity (Wildman–Crippen MR) is 86.2 cm³/mol. The van der Waals surface area contributed by atoms with Crippen molar-refractivity contribution in [3.05, 3.63) is 40.5 Å². The Labute approximate surface area is 143 Å². The number of nitro groups is 1. The van der Waals surface area contributed by atoms with Crippen LogP contribution in [0.4, 0.5) is 11.4 Å². The van der Waals surface area contributed by atoms with Crippen LogP contribution in [0.3, 0.4) is 0 Å². The molecule has 0 aliphatic carbocycles. The van der Waals surface area contributed by atoms with E-state index in [4.69, 9.17) is 9.47 Å². The van der Waals surface area contributed by atoms with Gasteiger partial charge >= 0.3 is 0 Å². The highest BCUT2D eigenvalue weighted by Crippen LogP contribution is 2.58. The third-order valence-corrected chi connectivity index (χ3v) is 5.34. The van der Waals surface area contributed by atoms with Gasteiger partial charge < -0.3 is 9.47 Å². The molecule has 0 aromatic heterocycles. The molecule has 0 N–H and O–H groups in total. The van der Waals surface area contributed by atoms with Crippen LogP contribution in [0.5, 0.6) is 5.75 Å². The first-order valence-electron chi connectivity index (χ1n) is 7.83. The van der Waals surface area contributed by atoms with Gasteiger partial charge in [0.2, 0.25) is 11.8 Å². The maximum absolute atomic E-state index is 13.0. The molecule has 130 valence electrons. The molecule has 4 atom stereocenters. The van der Waals surface area contributed by atoms with Crippen molar-refractivity contribution in [3.8, 4) is 5.75 Å². The Morgan fingerprint density at radius 1 is 1.16 bits per heavy atom. The highest BCUT2D eigenvalue weighted by molar-refractivity contribution is 6.24. The van der Waals surface area contributed by atoms with Gasteiger partial charge in [-0.25, -0.2) is 4.90 Å². The summed E-state index contributed by atoms with van der Waals surface area (Å²) < 4.78 is 11.1. The first kappa shape index (κ1) is 15.8. The standard InChI is InChI=1S/C17H16N2O6/c1-16-6-7-17(2,25-16)13-12(16)14(20)18(15(13)21)10-5-4-9(19(22)23)8-11(10)24-3/h4-8,12-13H,1-3H3/t12-,13-,16+,17+/m0/s1. The number of anilines is 1. The number of methoxy groups -OCH3 is 1. The van der Waals surface area contributed by atoms with Gasteiger partial charge in [0.25, 0.3) is 5.69 Å². The summed E-state index contributed by atoms with van der Waals surface area (Å²) in [5.41, 5.74) is -1.61. The number of benzene rings is 1. The lowest BCUT2D eigenvalue weighted by Gasteiger charge is -2.26. The van der Waals surface area contributed by atoms with E-state index in [-0.39, 0.29) is 28.9 Å². The quantitative estimate of drug-likeness (QED) is 0.359. The Hall–Kier alpha value is -2.74. The summed E-state index contributed by atoms with van der Waals surface area (Å²) in [6, 6.07) is 3.82. The van der Waals surface area contributed by atoms with Crippen LogP contribution in [-0.2, 0) is 14.3 Å². The summed E-state index contributed by atoms with van der Waals surface area (Å²) in [5.74, 6) is -1.88. The minimum Gasteiger partial charge on any atom is -0.494 e. The fourth-order valence-electron chi connectivity index (χ4n) is 4.23. The maximum Gasteiger partial charge on any atom is 0.273 e. The lowest BCUT2D eigenvalue weighted by atomic mass is 9.73. The Morgan fingerprint density at radius 3 is 2.20 bits per heavy atom. The van der Waals surface area contributed by atoms with Gasteiger partial charge in [0, 0.05) is 6.07 Å². The second-order valence-electron chi connectivity index (χ2n) is 6.88. The van der Waals surface area contributed by atoms with Gasteiger partial charge in [0.15, 0.2) is 0 Å². The summed E-state index contributed by atoms with van der Waals surface area (Å²) in [5, 5.41) is 10.9. The number of carbonyl (C=O) groups is 2. The third kappa shape index (κ3) is 1.85. The molecule has 3 aliphatic rings. The largest absolute Gasteiger partial charge is 0.494 e. The summed E-state index contributed by atoms with van der Waals surface area (Å²) in [6.45, 7) is 3.59. The molecular weight excluding hydrogens is 328 g/mol. The van der Waals surface area contributed by atoms with Crippen LogP contribution in [0, 0.1) is 22.0 Å². The van der Waals surface area contributed by atoms with Crippen molar-refractivity contribution >= 4 is 23.2 Å². The monoisotopic (exact) mass is 344 g/mol. The molecule has 8 nitrogen and oxygen atoms in total. The number of nitrogens with zero attached hydrogens (tertiary/aromatic N) is 2. The Morgan fingerprint density at radius 2 is 1.72 bits per heavy atom. The number of nitro benzene ring substituents is 1. The van der Waals surface area contributed by atoms with Crippen LogP contribution in [-0.4, -0.2) is 35.0 Å². The summed E-state index contributed by atoms with van der Waals surface area (Å²) in [6.07, 6.45) is 3.66. The van der Waals surface area contributed by atoms with Crippen molar-refractivity contribution < 1.29 is 24.0 Å². The SMILES string of the molecule is COc1cc([N+](=O)[O-])ccc1N1C(=O)[C@@H]2[C@@H](C1=O)[C@@]1(C)C=C[C@@]2(C)O1. The van der Waals surface area contributed by atoms with Crippen LogP contribution in [0.15, 0.2) is 30.4 Å². The fraction of sp³-hybridized carbons (Fsp3) is 0.412. The lowest BCUT2D eigenvalue weighted by Crippen LogP contribution is -2.39. The van der Waals surface area contributed by atoms with Crippen LogP contribution in [0.2, 0.25) is 0 Å². The molecule has 1 aromatic carbocycles. The topological polar surface area (TPSA) is 99.0 Å². The third-order valence-electron chi connectivity index (χ3n) is 5.34. The zero-order chi connectivity index (χ0) is 18.1. The van der Waals surface area contributed by atoms with Gasteiger partial charge in [-0.2, -0.15) is 0 Å². The Bertz CT molecular complexity index is 829. The van der Waals surface area contributed by atoms with Gasteiger partial charge in [-0.15, -0.1) is 0 Å². The van der Waals surface area contributed by atoms with Gasteiger partial charge in [0.05, 0.1) is 46.8 Å². The van der Waals surface area contributed by atoms with Crippen LogP contribution < -0.4 is 9.64 Å². The maximum atomic E-state index is 13.0. The molecule has 3 heterocycles. The van der Waals surface area contributed by atoms with E-state index in [1.807, 2.05) is 12.2 Å². The number of carbonyl (C=O) groups excluding carboxylic acids is 2. The Kier molecular flexibility index (Phi) is 2.94. The second-order valence-corrected chi connectivity index (χ2v) is 6.88. The minimum atomic E-state index is -0.824. The minimum absolute atomic E-state index is 0.104. The molecule has 1 aromatic rings. The van der Waals surface area contributed by atoms with E-state index < -0.39 is 28.0 Å². The van der Waals surface area contributed by atoms with E-state index in [0.717, 1.165) is 4.90 Å². The highest BCUT2D eigenvalue weighted by Gasteiger charge is 2.70. The first-order valence-corrected chi connectivity index (χ1v) is 7.83. The molecule has 2 amide bonds. The number of hydrogen-bond donors (Lipinski definition) is 0. The van der Waals surface area contributed by atoms with E-state index in [0.29, 0.717) is 0 Å². The van der Waals surface area contributed by atoms with E-state index in [2.05, 4.69) is 0 Å². The van der Waals surface area contributed by atoms with Crippen LogP contribution >= 0.6 is 0 Å². The number of ether oxygens (including phenoxy) is 2. The second kappa shape index (κ2) is 4.66. The number of amides is 2. The van der Waals surface area contributed by atoms with E-state index in [1.54, 1.807) is 13.8 Å². The molecule has 25 heavy (non-hydrogen) atoms.